The quantitative estimate of drug-likeness (QED) is 0.447. The number of ether oxygens (including phenoxy) is 1. The summed E-state index contributed by atoms with van der Waals surface area (Å²) in [6.45, 7) is -0.574. The lowest BCUT2D eigenvalue weighted by Crippen LogP contribution is -2.41. The molecule has 6 nitrogen and oxygen atoms in total. The van der Waals surface area contributed by atoms with E-state index in [0.29, 0.717) is 0 Å². The molecule has 172 valence electrons. The van der Waals surface area contributed by atoms with Crippen LogP contribution in [-0.4, -0.2) is 43.0 Å². The standard InChI is InChI=1S/C19H14F6N2O4S/c1-2-32(28,29)17-15(11-3-5-12(20)6-4-11)27-31-16(17)14-8-7-13(9-26-14)30-10-18(21,22)19(23,24)25/h3-9H,2,10H2,1H3. The molecule has 32 heavy (non-hydrogen) atoms. The average molecular weight is 480 g/mol. The smallest absolute Gasteiger partial charge is 0.456 e. The van der Waals surface area contributed by atoms with Crippen LogP contribution in [0.5, 0.6) is 5.75 Å². The second-order valence-corrected chi connectivity index (χ2v) is 8.68. The van der Waals surface area contributed by atoms with Crippen molar-refractivity contribution in [1.29, 1.82) is 0 Å². The number of nitrogens with zero attached hydrogens (tertiary/aromatic N) is 2. The number of halogens is 6. The minimum atomic E-state index is -5.78. The number of aromatic nitrogens is 2. The van der Waals surface area contributed by atoms with E-state index in [1.165, 1.54) is 19.1 Å². The predicted molar refractivity (Wildman–Crippen MR) is 99.4 cm³/mol. The van der Waals surface area contributed by atoms with Crippen LogP contribution in [0.25, 0.3) is 22.7 Å². The number of pyridine rings is 1. The summed E-state index contributed by atoms with van der Waals surface area (Å²) in [4.78, 5) is 3.51. The molecule has 0 aliphatic carbocycles. The molecular weight excluding hydrogens is 466 g/mol. The molecule has 0 fully saturated rings. The van der Waals surface area contributed by atoms with Gasteiger partial charge >= 0.3 is 12.1 Å². The lowest BCUT2D eigenvalue weighted by atomic mass is 10.1. The molecule has 1 aromatic carbocycles. The van der Waals surface area contributed by atoms with Crippen molar-refractivity contribution in [3.05, 3.63) is 48.4 Å². The first-order valence-electron chi connectivity index (χ1n) is 8.88. The number of alkyl halides is 5. The third-order valence-corrected chi connectivity index (χ3v) is 6.02. The summed E-state index contributed by atoms with van der Waals surface area (Å²) >= 11 is 0. The topological polar surface area (TPSA) is 82.3 Å². The summed E-state index contributed by atoms with van der Waals surface area (Å²) in [5.74, 6) is -6.63. The molecule has 0 N–H and O–H groups in total. The monoisotopic (exact) mass is 480 g/mol. The summed E-state index contributed by atoms with van der Waals surface area (Å²) in [6, 6.07) is 6.95. The van der Waals surface area contributed by atoms with Crippen molar-refractivity contribution in [3.8, 4) is 28.5 Å². The Balaban J connectivity index is 1.95. The molecule has 0 spiro atoms. The molecule has 2 aromatic heterocycles. The first kappa shape index (κ1) is 23.6. The van der Waals surface area contributed by atoms with E-state index in [1.807, 2.05) is 0 Å². The molecule has 3 aromatic rings. The largest absolute Gasteiger partial charge is 0.485 e. The lowest BCUT2D eigenvalue weighted by Gasteiger charge is -2.19. The highest BCUT2D eigenvalue weighted by Gasteiger charge is 2.58. The maximum Gasteiger partial charge on any atom is 0.456 e. The summed E-state index contributed by atoms with van der Waals surface area (Å²) in [5, 5.41) is 3.75. The maximum atomic E-state index is 13.2. The van der Waals surface area contributed by atoms with Gasteiger partial charge in [0, 0.05) is 5.56 Å². The maximum absolute atomic E-state index is 13.2. The zero-order chi connectivity index (χ0) is 23.7. The van der Waals surface area contributed by atoms with E-state index < -0.39 is 40.1 Å². The van der Waals surface area contributed by atoms with Crippen LogP contribution in [0.1, 0.15) is 6.92 Å². The Hall–Kier alpha value is -3.09. The van der Waals surface area contributed by atoms with E-state index in [-0.39, 0.29) is 33.4 Å². The van der Waals surface area contributed by atoms with E-state index in [2.05, 4.69) is 14.9 Å². The van der Waals surface area contributed by atoms with Gasteiger partial charge in [-0.15, -0.1) is 0 Å². The molecule has 0 atom stereocenters. The highest BCUT2D eigenvalue weighted by Crippen LogP contribution is 2.37. The first-order chi connectivity index (χ1) is 14.9. The molecule has 3 rings (SSSR count). The predicted octanol–water partition coefficient (Wildman–Crippen LogP) is 4.91. The third-order valence-electron chi connectivity index (χ3n) is 4.26. The highest BCUT2D eigenvalue weighted by molar-refractivity contribution is 7.91. The lowest BCUT2D eigenvalue weighted by molar-refractivity contribution is -0.290. The Morgan fingerprint density at radius 1 is 1.03 bits per heavy atom. The van der Waals surface area contributed by atoms with Gasteiger partial charge in [-0.05, 0) is 36.4 Å². The SMILES string of the molecule is CCS(=O)(=O)c1c(-c2ccc(F)cc2)noc1-c1ccc(OCC(F)(F)C(F)(F)F)cn1. The van der Waals surface area contributed by atoms with Gasteiger partial charge < -0.3 is 9.26 Å². The average Bonchev–Trinajstić information content (AvgIpc) is 3.18. The molecule has 0 saturated carbocycles. The Bertz CT molecular complexity index is 1190. The fraction of sp³-hybridized carbons (Fsp3) is 0.263. The van der Waals surface area contributed by atoms with Gasteiger partial charge in [0.25, 0.3) is 0 Å². The van der Waals surface area contributed by atoms with Gasteiger partial charge in [-0.25, -0.2) is 17.8 Å². The fourth-order valence-electron chi connectivity index (χ4n) is 2.53. The van der Waals surface area contributed by atoms with Crippen LogP contribution in [0.4, 0.5) is 26.3 Å². The van der Waals surface area contributed by atoms with Crippen LogP contribution in [0, 0.1) is 5.82 Å². The number of benzene rings is 1. The summed E-state index contributed by atoms with van der Waals surface area (Å²) in [7, 11) is -3.92. The van der Waals surface area contributed by atoms with Crippen LogP contribution in [0.3, 0.4) is 0 Å². The van der Waals surface area contributed by atoms with Crippen molar-refractivity contribution >= 4 is 9.84 Å². The Morgan fingerprint density at radius 3 is 2.22 bits per heavy atom. The molecule has 13 heteroatoms. The molecule has 0 saturated heterocycles. The van der Waals surface area contributed by atoms with Crippen molar-refractivity contribution in [3.63, 3.8) is 0 Å². The second kappa shape index (κ2) is 8.45. The molecule has 0 aliphatic rings. The Kier molecular flexibility index (Phi) is 6.22. The normalized spacial score (nSPS) is 12.7. The zero-order valence-electron chi connectivity index (χ0n) is 16.2. The number of rotatable bonds is 7. The zero-order valence-corrected chi connectivity index (χ0v) is 17.0. The van der Waals surface area contributed by atoms with Gasteiger partial charge in [-0.2, -0.15) is 22.0 Å². The van der Waals surface area contributed by atoms with Crippen LogP contribution in [0.2, 0.25) is 0 Å². The van der Waals surface area contributed by atoms with Crippen molar-refractivity contribution < 1.29 is 44.0 Å². The Morgan fingerprint density at radius 2 is 1.69 bits per heavy atom. The minimum Gasteiger partial charge on any atom is -0.485 e. The van der Waals surface area contributed by atoms with Crippen molar-refractivity contribution in [2.75, 3.05) is 12.4 Å². The van der Waals surface area contributed by atoms with Gasteiger partial charge in [0.15, 0.2) is 16.4 Å². The van der Waals surface area contributed by atoms with E-state index in [4.69, 9.17) is 4.52 Å². The fourth-order valence-corrected chi connectivity index (χ4v) is 3.69. The van der Waals surface area contributed by atoms with E-state index in [1.54, 1.807) is 0 Å². The molecular formula is C19H14F6N2O4S. The van der Waals surface area contributed by atoms with Crippen molar-refractivity contribution in [2.45, 2.75) is 23.9 Å². The number of hydrogen-bond donors (Lipinski definition) is 0. The molecule has 2 heterocycles. The van der Waals surface area contributed by atoms with Gasteiger partial charge in [-0.3, -0.25) is 0 Å². The van der Waals surface area contributed by atoms with Crippen LogP contribution < -0.4 is 4.74 Å². The highest BCUT2D eigenvalue weighted by atomic mass is 32.2. The van der Waals surface area contributed by atoms with Gasteiger partial charge in [0.1, 0.15) is 27.9 Å². The van der Waals surface area contributed by atoms with Gasteiger partial charge in [-0.1, -0.05) is 12.1 Å². The summed E-state index contributed by atoms with van der Waals surface area (Å²) in [6.07, 6.45) is -4.94. The van der Waals surface area contributed by atoms with Crippen molar-refractivity contribution in [1.82, 2.24) is 10.1 Å². The van der Waals surface area contributed by atoms with Gasteiger partial charge in [0.05, 0.1) is 11.9 Å². The molecule has 0 amide bonds. The van der Waals surface area contributed by atoms with E-state index >= 15 is 0 Å². The molecule has 0 bridgehead atoms. The molecule has 0 radical (unpaired) electrons. The van der Waals surface area contributed by atoms with Crippen LogP contribution in [0.15, 0.2) is 52.0 Å². The number of hydrogen-bond acceptors (Lipinski definition) is 6. The number of sulfone groups is 1. The summed E-state index contributed by atoms with van der Waals surface area (Å²) < 4.78 is 111. The van der Waals surface area contributed by atoms with E-state index in [0.717, 1.165) is 30.5 Å². The Labute approximate surface area is 177 Å². The van der Waals surface area contributed by atoms with Gasteiger partial charge in [0.2, 0.25) is 5.76 Å². The molecule has 0 aliphatic heterocycles. The van der Waals surface area contributed by atoms with Crippen molar-refractivity contribution in [2.24, 2.45) is 0 Å². The molecule has 0 unspecified atom stereocenters. The van der Waals surface area contributed by atoms with Crippen LogP contribution in [-0.2, 0) is 9.84 Å². The minimum absolute atomic E-state index is 0.0891. The van der Waals surface area contributed by atoms with E-state index in [9.17, 15) is 34.8 Å². The second-order valence-electron chi connectivity index (χ2n) is 6.47. The van der Waals surface area contributed by atoms with Crippen LogP contribution >= 0.6 is 0 Å². The summed E-state index contributed by atoms with van der Waals surface area (Å²) in [5.41, 5.74) is 0.0735. The third kappa shape index (κ3) is 4.71. The first-order valence-corrected chi connectivity index (χ1v) is 10.5.